The van der Waals surface area contributed by atoms with Crippen LogP contribution in [-0.4, -0.2) is 53.4 Å². The van der Waals surface area contributed by atoms with Gasteiger partial charge in [-0.25, -0.2) is 15.0 Å². The fourth-order valence-electron chi connectivity index (χ4n) is 3.49. The van der Waals surface area contributed by atoms with Crippen LogP contribution >= 0.6 is 0 Å². The maximum absolute atomic E-state index is 12.6. The predicted octanol–water partition coefficient (Wildman–Crippen LogP) is 1.83. The van der Waals surface area contributed by atoms with Gasteiger partial charge in [0.15, 0.2) is 0 Å². The first-order valence-corrected chi connectivity index (χ1v) is 9.53. The normalized spacial score (nSPS) is 16.4. The minimum Gasteiger partial charge on any atom is -0.497 e. The molecule has 0 aliphatic carbocycles. The van der Waals surface area contributed by atoms with Crippen molar-refractivity contribution < 1.29 is 14.2 Å². The van der Waals surface area contributed by atoms with Crippen LogP contribution in [0.3, 0.4) is 0 Å². The van der Waals surface area contributed by atoms with Gasteiger partial charge in [-0.05, 0) is 24.3 Å². The molecular weight excluding hydrogens is 386 g/mol. The first kappa shape index (κ1) is 19.8. The Morgan fingerprint density at radius 3 is 2.73 bits per heavy atom. The molecule has 1 saturated heterocycles. The molecule has 0 amide bonds. The molecule has 0 saturated carbocycles. The second-order valence-corrected chi connectivity index (χ2v) is 6.85. The first-order chi connectivity index (χ1) is 14.6. The van der Waals surface area contributed by atoms with Crippen molar-refractivity contribution in [2.45, 2.75) is 6.10 Å². The highest BCUT2D eigenvalue weighted by molar-refractivity contribution is 5.55. The molecule has 1 aliphatic heterocycles. The van der Waals surface area contributed by atoms with Crippen LogP contribution in [-0.2, 0) is 11.8 Å². The van der Waals surface area contributed by atoms with Gasteiger partial charge in [-0.1, -0.05) is 0 Å². The largest absolute Gasteiger partial charge is 0.497 e. The van der Waals surface area contributed by atoms with E-state index in [1.165, 1.54) is 17.0 Å². The summed E-state index contributed by atoms with van der Waals surface area (Å²) in [7, 11) is 4.96. The van der Waals surface area contributed by atoms with Crippen LogP contribution < -0.4 is 19.9 Å². The van der Waals surface area contributed by atoms with Gasteiger partial charge in [-0.15, -0.1) is 0 Å². The lowest BCUT2D eigenvalue weighted by Gasteiger charge is -2.35. The Bertz CT molecular complexity index is 1090. The molecule has 0 bridgehead atoms. The monoisotopic (exact) mass is 409 g/mol. The molecule has 30 heavy (non-hydrogen) atoms. The fourth-order valence-corrected chi connectivity index (χ4v) is 3.49. The molecule has 2 aromatic heterocycles. The van der Waals surface area contributed by atoms with E-state index in [1.54, 1.807) is 33.5 Å². The molecule has 3 aromatic rings. The summed E-state index contributed by atoms with van der Waals surface area (Å²) in [4.78, 5) is 27.5. The van der Waals surface area contributed by atoms with E-state index in [-0.39, 0.29) is 11.7 Å². The van der Waals surface area contributed by atoms with Crippen molar-refractivity contribution in [2.24, 2.45) is 7.05 Å². The van der Waals surface area contributed by atoms with Crippen molar-refractivity contribution in [3.05, 3.63) is 58.8 Å². The summed E-state index contributed by atoms with van der Waals surface area (Å²) < 4.78 is 18.4. The third-order valence-electron chi connectivity index (χ3n) is 5.09. The Kier molecular flexibility index (Phi) is 5.62. The molecule has 9 nitrogen and oxygen atoms in total. The SMILES string of the molecule is COc1ccc(OC)c([C@H]2CN(c3nc(-c4ccncn4)cc(=O)n3C)CCO2)c1. The number of aromatic nitrogens is 4. The molecule has 0 unspecified atom stereocenters. The highest BCUT2D eigenvalue weighted by Gasteiger charge is 2.27. The second kappa shape index (κ2) is 8.50. The standard InChI is InChI=1S/C21H23N5O4/c1-25-20(27)11-17(16-6-7-22-13-23-16)24-21(25)26-8-9-30-19(12-26)15-10-14(28-2)4-5-18(15)29-3/h4-7,10-11,13,19H,8-9,12H2,1-3H3/t19-/m1/s1. The van der Waals surface area contributed by atoms with Gasteiger partial charge in [-0.2, -0.15) is 0 Å². The van der Waals surface area contributed by atoms with Crippen molar-refractivity contribution in [1.82, 2.24) is 19.5 Å². The summed E-state index contributed by atoms with van der Waals surface area (Å²) in [5.74, 6) is 2.01. The van der Waals surface area contributed by atoms with Crippen LogP contribution in [0.1, 0.15) is 11.7 Å². The van der Waals surface area contributed by atoms with Crippen LogP contribution in [0.5, 0.6) is 11.5 Å². The van der Waals surface area contributed by atoms with Gasteiger partial charge in [0.1, 0.15) is 23.9 Å². The maximum atomic E-state index is 12.6. The van der Waals surface area contributed by atoms with E-state index in [0.717, 1.165) is 17.1 Å². The number of nitrogens with zero attached hydrogens (tertiary/aromatic N) is 5. The number of rotatable bonds is 5. The Morgan fingerprint density at radius 1 is 1.13 bits per heavy atom. The molecule has 0 radical (unpaired) electrons. The lowest BCUT2D eigenvalue weighted by atomic mass is 10.1. The third kappa shape index (κ3) is 3.84. The van der Waals surface area contributed by atoms with Crippen molar-refractivity contribution in [3.8, 4) is 22.9 Å². The quantitative estimate of drug-likeness (QED) is 0.630. The van der Waals surface area contributed by atoms with Crippen LogP contribution in [0.4, 0.5) is 5.95 Å². The molecule has 3 heterocycles. The van der Waals surface area contributed by atoms with E-state index in [9.17, 15) is 4.79 Å². The molecule has 1 aliphatic rings. The number of anilines is 1. The summed E-state index contributed by atoms with van der Waals surface area (Å²) in [6.45, 7) is 1.60. The highest BCUT2D eigenvalue weighted by atomic mass is 16.5. The van der Waals surface area contributed by atoms with Gasteiger partial charge in [0.2, 0.25) is 5.95 Å². The summed E-state index contributed by atoms with van der Waals surface area (Å²) in [6.07, 6.45) is 2.80. The molecule has 156 valence electrons. The van der Waals surface area contributed by atoms with Crippen LogP contribution in [0.25, 0.3) is 11.4 Å². The Balaban J connectivity index is 1.69. The van der Waals surface area contributed by atoms with Gasteiger partial charge < -0.3 is 19.1 Å². The zero-order valence-electron chi connectivity index (χ0n) is 17.1. The Morgan fingerprint density at radius 2 is 2.00 bits per heavy atom. The van der Waals surface area contributed by atoms with Gasteiger partial charge in [-0.3, -0.25) is 9.36 Å². The Hall–Kier alpha value is -3.46. The number of ether oxygens (including phenoxy) is 3. The Labute approximate surface area is 173 Å². The third-order valence-corrected chi connectivity index (χ3v) is 5.09. The summed E-state index contributed by atoms with van der Waals surface area (Å²) in [5.41, 5.74) is 1.84. The molecule has 1 aromatic carbocycles. The van der Waals surface area contributed by atoms with E-state index in [4.69, 9.17) is 19.2 Å². The zero-order valence-corrected chi connectivity index (χ0v) is 17.1. The number of hydrogen-bond acceptors (Lipinski definition) is 8. The molecule has 9 heteroatoms. The minimum atomic E-state index is -0.261. The molecule has 4 rings (SSSR count). The molecule has 1 atom stereocenters. The minimum absolute atomic E-state index is 0.157. The predicted molar refractivity (Wildman–Crippen MR) is 111 cm³/mol. The van der Waals surface area contributed by atoms with E-state index in [1.807, 2.05) is 23.1 Å². The molecular formula is C21H23N5O4. The van der Waals surface area contributed by atoms with Gasteiger partial charge in [0.05, 0.1) is 38.8 Å². The average molecular weight is 409 g/mol. The summed E-state index contributed by atoms with van der Waals surface area (Å²) in [5, 5.41) is 0. The maximum Gasteiger partial charge on any atom is 0.255 e. The van der Waals surface area contributed by atoms with Crippen molar-refractivity contribution in [2.75, 3.05) is 38.8 Å². The molecule has 1 fully saturated rings. The van der Waals surface area contributed by atoms with E-state index >= 15 is 0 Å². The van der Waals surface area contributed by atoms with Crippen molar-refractivity contribution >= 4 is 5.95 Å². The lowest BCUT2D eigenvalue weighted by molar-refractivity contribution is 0.0373. The fraction of sp³-hybridized carbons (Fsp3) is 0.333. The van der Waals surface area contributed by atoms with E-state index in [2.05, 4.69) is 9.97 Å². The topological polar surface area (TPSA) is 91.6 Å². The lowest BCUT2D eigenvalue weighted by Crippen LogP contribution is -2.41. The first-order valence-electron chi connectivity index (χ1n) is 9.53. The summed E-state index contributed by atoms with van der Waals surface area (Å²) >= 11 is 0. The average Bonchev–Trinajstić information content (AvgIpc) is 2.81. The molecule has 0 spiro atoms. The molecule has 0 N–H and O–H groups in total. The van der Waals surface area contributed by atoms with Crippen molar-refractivity contribution in [1.29, 1.82) is 0 Å². The van der Waals surface area contributed by atoms with Gasteiger partial charge >= 0.3 is 0 Å². The van der Waals surface area contributed by atoms with Gasteiger partial charge in [0, 0.05) is 31.4 Å². The second-order valence-electron chi connectivity index (χ2n) is 6.85. The van der Waals surface area contributed by atoms with Gasteiger partial charge in [0.25, 0.3) is 5.56 Å². The zero-order chi connectivity index (χ0) is 21.1. The summed E-state index contributed by atoms with van der Waals surface area (Å²) in [6, 6.07) is 8.83. The number of hydrogen-bond donors (Lipinski definition) is 0. The number of benzene rings is 1. The highest BCUT2D eigenvalue weighted by Crippen LogP contribution is 2.34. The van der Waals surface area contributed by atoms with Crippen LogP contribution in [0, 0.1) is 0 Å². The number of morpholine rings is 1. The van der Waals surface area contributed by atoms with Crippen LogP contribution in [0.15, 0.2) is 47.7 Å². The smallest absolute Gasteiger partial charge is 0.255 e. The van der Waals surface area contributed by atoms with E-state index in [0.29, 0.717) is 37.0 Å². The van der Waals surface area contributed by atoms with E-state index < -0.39 is 0 Å². The van der Waals surface area contributed by atoms with Crippen molar-refractivity contribution in [3.63, 3.8) is 0 Å². The number of methoxy groups -OCH3 is 2. The van der Waals surface area contributed by atoms with Crippen LogP contribution in [0.2, 0.25) is 0 Å².